The third kappa shape index (κ3) is 9.08. The van der Waals surface area contributed by atoms with E-state index in [0.29, 0.717) is 51.9 Å². The Hall–Kier alpha value is -5.42. The number of rotatable bonds is 14. The lowest BCUT2D eigenvalue weighted by Gasteiger charge is -2.17. The topological polar surface area (TPSA) is 124 Å². The lowest BCUT2D eigenvalue weighted by Crippen LogP contribution is -2.30. The summed E-state index contributed by atoms with van der Waals surface area (Å²) in [5.41, 5.74) is 1.87. The Labute approximate surface area is 278 Å². The van der Waals surface area contributed by atoms with Crippen molar-refractivity contribution in [2.75, 3.05) is 39.1 Å². The van der Waals surface area contributed by atoms with Gasteiger partial charge in [0.1, 0.15) is 17.2 Å². The highest BCUT2D eigenvalue weighted by Crippen LogP contribution is 2.36. The minimum absolute atomic E-state index is 0.0370. The lowest BCUT2D eigenvalue weighted by molar-refractivity contribution is -0.116. The molecule has 4 rings (SSSR count). The molecule has 0 saturated carbocycles. The van der Waals surface area contributed by atoms with Crippen LogP contribution in [0.5, 0.6) is 23.0 Å². The third-order valence-corrected chi connectivity index (χ3v) is 8.32. The Morgan fingerprint density at radius 3 is 2.06 bits per heavy atom. The number of methoxy groups -OCH3 is 4. The number of carbonyl (C=O) groups excluding carboxylic acids is 3. The van der Waals surface area contributed by atoms with Gasteiger partial charge in [-0.2, -0.15) is 0 Å². The molecule has 4 aromatic rings. The monoisotopic (exact) mass is 655 g/mol. The van der Waals surface area contributed by atoms with Gasteiger partial charge in [0, 0.05) is 27.8 Å². The maximum atomic E-state index is 13.7. The summed E-state index contributed by atoms with van der Waals surface area (Å²) in [6, 6.07) is 26.2. The van der Waals surface area contributed by atoms with Crippen LogP contribution in [-0.4, -0.2) is 51.4 Å². The molecule has 1 atom stereocenters. The molecule has 0 saturated heterocycles. The second-order valence-electron chi connectivity index (χ2n) is 10.0. The first kappa shape index (κ1) is 34.5. The minimum Gasteiger partial charge on any atom is -0.496 e. The third-order valence-electron chi connectivity index (χ3n) is 6.96. The molecule has 1 unspecified atom stereocenters. The van der Waals surface area contributed by atoms with Gasteiger partial charge < -0.3 is 34.9 Å². The number of nitrogens with one attached hydrogen (secondary N) is 3. The van der Waals surface area contributed by atoms with Gasteiger partial charge >= 0.3 is 0 Å². The smallest absolute Gasteiger partial charge is 0.272 e. The number of hydrogen-bond donors (Lipinski definition) is 3. The van der Waals surface area contributed by atoms with Crippen LogP contribution < -0.4 is 34.9 Å². The fourth-order valence-corrected chi connectivity index (χ4v) is 5.57. The van der Waals surface area contributed by atoms with Crippen LogP contribution in [0.2, 0.25) is 0 Å². The Balaban J connectivity index is 1.59. The van der Waals surface area contributed by atoms with Gasteiger partial charge in [-0.25, -0.2) is 0 Å². The Bertz CT molecular complexity index is 1740. The lowest BCUT2D eigenvalue weighted by atomic mass is 10.1. The second kappa shape index (κ2) is 16.8. The summed E-state index contributed by atoms with van der Waals surface area (Å²) in [5.74, 6) is 0.610. The molecule has 0 heterocycles. The molecule has 0 aliphatic rings. The molecule has 0 aliphatic heterocycles. The molecular formula is C36H37N3O7S. The van der Waals surface area contributed by atoms with Gasteiger partial charge in [-0.15, -0.1) is 11.8 Å². The normalized spacial score (nSPS) is 11.6. The first-order valence-electron chi connectivity index (χ1n) is 14.7. The number of hydrogen-bond acceptors (Lipinski definition) is 8. The SMILES string of the molecule is CCC(Sc1cccc(NC(=O)/C(=C\c2cc(OC)c(OC)cc2OC)NC(=O)c2ccccc2)c1)C(=O)Nc1ccccc1OC. The molecule has 0 aromatic heterocycles. The molecule has 10 nitrogen and oxygen atoms in total. The summed E-state index contributed by atoms with van der Waals surface area (Å²) in [7, 11) is 6.05. The highest BCUT2D eigenvalue weighted by atomic mass is 32.2. The van der Waals surface area contributed by atoms with E-state index in [2.05, 4.69) is 16.0 Å². The van der Waals surface area contributed by atoms with Crippen LogP contribution in [0.4, 0.5) is 11.4 Å². The van der Waals surface area contributed by atoms with E-state index in [-0.39, 0.29) is 11.6 Å². The van der Waals surface area contributed by atoms with Crippen LogP contribution in [0.3, 0.4) is 0 Å². The first-order valence-corrected chi connectivity index (χ1v) is 15.6. The highest BCUT2D eigenvalue weighted by molar-refractivity contribution is 8.00. The number of benzene rings is 4. The van der Waals surface area contributed by atoms with Crippen LogP contribution >= 0.6 is 11.8 Å². The number of para-hydroxylation sites is 2. The van der Waals surface area contributed by atoms with E-state index in [0.717, 1.165) is 4.90 Å². The molecule has 0 spiro atoms. The highest BCUT2D eigenvalue weighted by Gasteiger charge is 2.21. The first-order chi connectivity index (χ1) is 22.8. The number of carbonyl (C=O) groups is 3. The van der Waals surface area contributed by atoms with Gasteiger partial charge in [0.2, 0.25) is 5.91 Å². The molecule has 11 heteroatoms. The summed E-state index contributed by atoms with van der Waals surface area (Å²) < 4.78 is 21.7. The van der Waals surface area contributed by atoms with E-state index in [4.69, 9.17) is 18.9 Å². The van der Waals surface area contributed by atoms with Crippen molar-refractivity contribution in [2.24, 2.45) is 0 Å². The fourth-order valence-electron chi connectivity index (χ4n) is 4.56. The quantitative estimate of drug-likeness (QED) is 0.102. The number of amides is 3. The summed E-state index contributed by atoms with van der Waals surface area (Å²) in [4.78, 5) is 40.9. The standard InChI is InChI=1S/C36H37N3O7S/c1-6-33(36(42)38-27-17-10-11-18-29(27)43-2)47-26-16-12-15-25(21-26)37-35(41)28(39-34(40)23-13-8-7-9-14-23)19-24-20-31(45-4)32(46-5)22-30(24)44-3/h7-22,33H,6H2,1-5H3,(H,37,41)(H,38,42)(H,39,40)/b28-19+. The summed E-state index contributed by atoms with van der Waals surface area (Å²) in [5, 5.41) is 8.14. The zero-order valence-corrected chi connectivity index (χ0v) is 27.6. The van der Waals surface area contributed by atoms with E-state index in [1.807, 2.05) is 25.1 Å². The fraction of sp³-hybridized carbons (Fsp3) is 0.194. The maximum absolute atomic E-state index is 13.7. The zero-order chi connectivity index (χ0) is 33.8. The van der Waals surface area contributed by atoms with Gasteiger partial charge in [0.15, 0.2) is 11.5 Å². The largest absolute Gasteiger partial charge is 0.496 e. The Morgan fingerprint density at radius 1 is 0.723 bits per heavy atom. The van der Waals surface area contributed by atoms with E-state index in [1.54, 1.807) is 79.9 Å². The molecule has 3 amide bonds. The number of thioether (sulfide) groups is 1. The predicted molar refractivity (Wildman–Crippen MR) is 185 cm³/mol. The van der Waals surface area contributed by atoms with Crippen LogP contribution in [-0.2, 0) is 9.59 Å². The minimum atomic E-state index is -0.575. The molecule has 0 fully saturated rings. The van der Waals surface area contributed by atoms with Crippen molar-refractivity contribution in [3.8, 4) is 23.0 Å². The molecule has 47 heavy (non-hydrogen) atoms. The molecule has 3 N–H and O–H groups in total. The average molecular weight is 656 g/mol. The molecule has 4 aromatic carbocycles. The van der Waals surface area contributed by atoms with Crippen molar-refractivity contribution in [1.29, 1.82) is 0 Å². The van der Waals surface area contributed by atoms with E-state index in [1.165, 1.54) is 39.2 Å². The number of anilines is 2. The van der Waals surface area contributed by atoms with Crippen molar-refractivity contribution in [3.05, 3.63) is 108 Å². The van der Waals surface area contributed by atoms with Crippen molar-refractivity contribution in [3.63, 3.8) is 0 Å². The summed E-state index contributed by atoms with van der Waals surface area (Å²) >= 11 is 1.37. The van der Waals surface area contributed by atoms with E-state index < -0.39 is 17.1 Å². The van der Waals surface area contributed by atoms with Crippen LogP contribution in [0.15, 0.2) is 102 Å². The molecule has 244 valence electrons. The molecular weight excluding hydrogens is 618 g/mol. The summed E-state index contributed by atoms with van der Waals surface area (Å²) in [6.45, 7) is 1.93. The Kier molecular flexibility index (Phi) is 12.3. The van der Waals surface area contributed by atoms with Crippen LogP contribution in [0.25, 0.3) is 6.08 Å². The van der Waals surface area contributed by atoms with Crippen LogP contribution in [0, 0.1) is 0 Å². The maximum Gasteiger partial charge on any atom is 0.272 e. The van der Waals surface area contributed by atoms with Crippen molar-refractivity contribution < 1.29 is 33.3 Å². The zero-order valence-electron chi connectivity index (χ0n) is 26.8. The van der Waals surface area contributed by atoms with Gasteiger partial charge in [0.25, 0.3) is 11.8 Å². The predicted octanol–water partition coefficient (Wildman–Crippen LogP) is 6.64. The van der Waals surface area contributed by atoms with Gasteiger partial charge in [0.05, 0.1) is 39.4 Å². The summed E-state index contributed by atoms with van der Waals surface area (Å²) in [6.07, 6.45) is 2.07. The van der Waals surface area contributed by atoms with Crippen molar-refractivity contribution in [1.82, 2.24) is 5.32 Å². The van der Waals surface area contributed by atoms with Crippen LogP contribution in [0.1, 0.15) is 29.3 Å². The number of ether oxygens (including phenoxy) is 4. The molecule has 0 radical (unpaired) electrons. The second-order valence-corrected chi connectivity index (χ2v) is 11.3. The molecule has 0 bridgehead atoms. The Morgan fingerprint density at radius 2 is 1.38 bits per heavy atom. The average Bonchev–Trinajstić information content (AvgIpc) is 3.10. The van der Waals surface area contributed by atoms with Crippen molar-refractivity contribution in [2.45, 2.75) is 23.5 Å². The van der Waals surface area contributed by atoms with Gasteiger partial charge in [-0.3, -0.25) is 14.4 Å². The van der Waals surface area contributed by atoms with E-state index >= 15 is 0 Å². The van der Waals surface area contributed by atoms with Gasteiger partial charge in [-0.05, 0) is 61.0 Å². The molecule has 0 aliphatic carbocycles. The van der Waals surface area contributed by atoms with Gasteiger partial charge in [-0.1, -0.05) is 43.3 Å². The van der Waals surface area contributed by atoms with E-state index in [9.17, 15) is 14.4 Å². The van der Waals surface area contributed by atoms with Crippen molar-refractivity contribution >= 4 is 46.9 Å².